The molecule has 4 nitrogen and oxygen atoms in total. The van der Waals surface area contributed by atoms with Crippen molar-refractivity contribution in [1.82, 2.24) is 4.57 Å². The van der Waals surface area contributed by atoms with Gasteiger partial charge in [-0.3, -0.25) is 9.59 Å². The van der Waals surface area contributed by atoms with Crippen molar-refractivity contribution >= 4 is 11.6 Å². The zero-order chi connectivity index (χ0) is 20.5. The minimum absolute atomic E-state index is 0.00728. The van der Waals surface area contributed by atoms with Crippen molar-refractivity contribution < 1.29 is 13.6 Å². The van der Waals surface area contributed by atoms with E-state index in [1.165, 1.54) is 35.0 Å². The largest absolute Gasteiger partial charge is 0.310 e. The van der Waals surface area contributed by atoms with Gasteiger partial charge in [-0.05, 0) is 61.7 Å². The van der Waals surface area contributed by atoms with E-state index in [1.54, 1.807) is 35.2 Å². The zero-order valence-corrected chi connectivity index (χ0v) is 15.9. The lowest BCUT2D eigenvalue weighted by Gasteiger charge is -2.35. The summed E-state index contributed by atoms with van der Waals surface area (Å²) in [7, 11) is 0. The number of benzene rings is 2. The van der Waals surface area contributed by atoms with Crippen molar-refractivity contribution in [3.8, 4) is 0 Å². The summed E-state index contributed by atoms with van der Waals surface area (Å²) in [6.07, 6.45) is 2.89. The molecular formula is C23H20F2N2O2. The van der Waals surface area contributed by atoms with Crippen molar-refractivity contribution in [1.29, 1.82) is 0 Å². The third-order valence-corrected chi connectivity index (χ3v) is 5.34. The number of aromatic nitrogens is 1. The molecule has 0 fully saturated rings. The van der Waals surface area contributed by atoms with Gasteiger partial charge in [-0.1, -0.05) is 18.2 Å². The molecule has 4 rings (SSSR count). The number of carbonyl (C=O) groups excluding carboxylic acids is 1. The van der Waals surface area contributed by atoms with E-state index in [2.05, 4.69) is 0 Å². The van der Waals surface area contributed by atoms with E-state index >= 15 is 0 Å². The van der Waals surface area contributed by atoms with Crippen LogP contribution in [-0.2, 0) is 13.0 Å². The highest BCUT2D eigenvalue weighted by molar-refractivity contribution is 6.06. The van der Waals surface area contributed by atoms with E-state index in [0.29, 0.717) is 24.1 Å². The smallest absolute Gasteiger partial charge is 0.264 e. The number of carbonyl (C=O) groups is 1. The molecule has 0 spiro atoms. The fraction of sp³-hybridized carbons (Fsp3) is 0.217. The fourth-order valence-electron chi connectivity index (χ4n) is 3.79. The first kappa shape index (κ1) is 19.1. The van der Waals surface area contributed by atoms with Crippen LogP contribution in [0.4, 0.5) is 14.5 Å². The molecule has 1 aromatic heterocycles. The molecule has 0 aliphatic carbocycles. The Hall–Kier alpha value is -3.28. The van der Waals surface area contributed by atoms with Gasteiger partial charge in [0.05, 0.1) is 6.54 Å². The van der Waals surface area contributed by atoms with Crippen LogP contribution >= 0.6 is 0 Å². The number of rotatable bonds is 3. The van der Waals surface area contributed by atoms with Crippen LogP contribution in [0, 0.1) is 11.6 Å². The number of halogens is 2. The molecule has 3 aromatic rings. The average molecular weight is 394 g/mol. The predicted molar refractivity (Wildman–Crippen MR) is 107 cm³/mol. The van der Waals surface area contributed by atoms with Crippen LogP contribution < -0.4 is 10.5 Å². The summed E-state index contributed by atoms with van der Waals surface area (Å²) in [5.74, 6) is -1.19. The maximum absolute atomic E-state index is 14.0. The molecule has 1 amide bonds. The zero-order valence-electron chi connectivity index (χ0n) is 15.9. The van der Waals surface area contributed by atoms with E-state index in [1.807, 2.05) is 6.92 Å². The third-order valence-electron chi connectivity index (χ3n) is 5.34. The van der Waals surface area contributed by atoms with E-state index in [0.717, 1.165) is 5.56 Å². The lowest BCUT2D eigenvalue weighted by Crippen LogP contribution is -2.44. The number of aryl methyl sites for hydroxylation is 1. The molecule has 0 unspecified atom stereocenters. The van der Waals surface area contributed by atoms with Gasteiger partial charge in [0.2, 0.25) is 0 Å². The average Bonchev–Trinajstić information content (AvgIpc) is 2.71. The van der Waals surface area contributed by atoms with Gasteiger partial charge in [0.15, 0.2) is 0 Å². The summed E-state index contributed by atoms with van der Waals surface area (Å²) < 4.78 is 28.9. The van der Waals surface area contributed by atoms with Gasteiger partial charge in [0.25, 0.3) is 11.5 Å². The van der Waals surface area contributed by atoms with Crippen molar-refractivity contribution in [3.05, 3.63) is 99.5 Å². The molecule has 148 valence electrons. The molecule has 0 saturated heterocycles. The van der Waals surface area contributed by atoms with Gasteiger partial charge in [-0.2, -0.15) is 0 Å². The van der Waals surface area contributed by atoms with Gasteiger partial charge < -0.3 is 9.47 Å². The molecule has 29 heavy (non-hydrogen) atoms. The molecule has 1 atom stereocenters. The van der Waals surface area contributed by atoms with E-state index in [4.69, 9.17) is 0 Å². The number of hydrogen-bond donors (Lipinski definition) is 0. The monoisotopic (exact) mass is 394 g/mol. The molecule has 0 bridgehead atoms. The number of nitrogens with zero attached hydrogens (tertiary/aromatic N) is 2. The number of anilines is 1. The molecule has 0 saturated carbocycles. The van der Waals surface area contributed by atoms with Crippen LogP contribution in [0.15, 0.2) is 65.6 Å². The Kier molecular flexibility index (Phi) is 5.01. The summed E-state index contributed by atoms with van der Waals surface area (Å²) in [5, 5.41) is 0. The molecular weight excluding hydrogens is 374 g/mol. The standard InChI is InChI=1S/C23H20F2N2O2/c1-15-8-9-16-13-18(24)10-11-21(16)27(15)23(29)19-6-4-12-26(22(19)28)14-17-5-2-3-7-20(17)25/h2-7,10-13,15H,8-9,14H2,1H3/t15-/m1/s1. The Morgan fingerprint density at radius 1 is 1.10 bits per heavy atom. The minimum atomic E-state index is -0.484. The van der Waals surface area contributed by atoms with Crippen LogP contribution in [0.25, 0.3) is 0 Å². The molecule has 0 radical (unpaired) electrons. The van der Waals surface area contributed by atoms with Crippen LogP contribution in [0.5, 0.6) is 0 Å². The second-order valence-corrected chi connectivity index (χ2v) is 7.28. The van der Waals surface area contributed by atoms with Crippen molar-refractivity contribution in [3.63, 3.8) is 0 Å². The van der Waals surface area contributed by atoms with Gasteiger partial charge in [-0.25, -0.2) is 8.78 Å². The van der Waals surface area contributed by atoms with Gasteiger partial charge in [0, 0.05) is 23.5 Å². The van der Waals surface area contributed by atoms with Crippen LogP contribution in [-0.4, -0.2) is 16.5 Å². The number of amides is 1. The van der Waals surface area contributed by atoms with Crippen LogP contribution in [0.3, 0.4) is 0 Å². The SMILES string of the molecule is C[C@@H]1CCc2cc(F)ccc2N1C(=O)c1cccn(Cc2ccccc2F)c1=O. The lowest BCUT2D eigenvalue weighted by molar-refractivity contribution is 0.0973. The number of pyridine rings is 1. The molecule has 2 aromatic carbocycles. The normalized spacial score (nSPS) is 15.8. The van der Waals surface area contributed by atoms with Gasteiger partial charge >= 0.3 is 0 Å². The van der Waals surface area contributed by atoms with E-state index in [9.17, 15) is 18.4 Å². The molecule has 0 N–H and O–H groups in total. The fourth-order valence-corrected chi connectivity index (χ4v) is 3.79. The Bertz CT molecular complexity index is 1140. The summed E-state index contributed by atoms with van der Waals surface area (Å²) in [6, 6.07) is 13.5. The summed E-state index contributed by atoms with van der Waals surface area (Å²) in [4.78, 5) is 27.8. The van der Waals surface area contributed by atoms with E-state index < -0.39 is 17.3 Å². The van der Waals surface area contributed by atoms with Crippen molar-refractivity contribution in [2.24, 2.45) is 0 Å². The summed E-state index contributed by atoms with van der Waals surface area (Å²) >= 11 is 0. The predicted octanol–water partition coefficient (Wildman–Crippen LogP) is 4.16. The molecule has 1 aliphatic rings. The maximum Gasteiger partial charge on any atom is 0.264 e. The van der Waals surface area contributed by atoms with Crippen LogP contribution in [0.2, 0.25) is 0 Å². The van der Waals surface area contributed by atoms with Gasteiger partial charge in [0.1, 0.15) is 17.2 Å². The van der Waals surface area contributed by atoms with Gasteiger partial charge in [-0.15, -0.1) is 0 Å². The highest BCUT2D eigenvalue weighted by Gasteiger charge is 2.30. The third kappa shape index (κ3) is 3.58. The van der Waals surface area contributed by atoms with Crippen molar-refractivity contribution in [2.75, 3.05) is 4.90 Å². The number of fused-ring (bicyclic) bond motifs is 1. The van der Waals surface area contributed by atoms with Crippen LogP contribution in [0.1, 0.15) is 34.8 Å². The quantitative estimate of drug-likeness (QED) is 0.670. The second-order valence-electron chi connectivity index (χ2n) is 7.28. The Morgan fingerprint density at radius 3 is 2.69 bits per heavy atom. The highest BCUT2D eigenvalue weighted by atomic mass is 19.1. The van der Waals surface area contributed by atoms with Crippen molar-refractivity contribution in [2.45, 2.75) is 32.4 Å². The molecule has 6 heteroatoms. The topological polar surface area (TPSA) is 42.3 Å². The Morgan fingerprint density at radius 2 is 1.90 bits per heavy atom. The maximum atomic E-state index is 14.0. The number of hydrogen-bond acceptors (Lipinski definition) is 2. The van der Waals surface area contributed by atoms with E-state index in [-0.39, 0.29) is 24.0 Å². The Balaban J connectivity index is 1.72. The Labute approximate surface area is 167 Å². The summed E-state index contributed by atoms with van der Waals surface area (Å²) in [6.45, 7) is 1.94. The highest BCUT2D eigenvalue weighted by Crippen LogP contribution is 2.32. The molecule has 2 heterocycles. The first-order valence-electron chi connectivity index (χ1n) is 9.50. The minimum Gasteiger partial charge on any atom is -0.310 e. The lowest BCUT2D eigenvalue weighted by atomic mass is 9.95. The first-order chi connectivity index (χ1) is 14.0. The molecule has 1 aliphatic heterocycles. The second kappa shape index (κ2) is 7.62. The summed E-state index contributed by atoms with van der Waals surface area (Å²) in [5.41, 5.74) is 1.26. The first-order valence-corrected chi connectivity index (χ1v) is 9.50.